The van der Waals surface area contributed by atoms with E-state index in [0.717, 1.165) is 0 Å². The number of amides is 4. The summed E-state index contributed by atoms with van der Waals surface area (Å²) < 4.78 is 1.45. The van der Waals surface area contributed by atoms with Crippen LogP contribution in [0.1, 0.15) is 65.2 Å². The highest BCUT2D eigenvalue weighted by Crippen LogP contribution is 2.27. The number of aryl methyl sites for hydroxylation is 1. The largest absolute Gasteiger partial charge is 0.388 e. The van der Waals surface area contributed by atoms with E-state index in [0.29, 0.717) is 39.3 Å². The fourth-order valence-corrected chi connectivity index (χ4v) is 5.08. The number of fused-ring (bicyclic) bond motifs is 1. The van der Waals surface area contributed by atoms with Gasteiger partial charge in [0.1, 0.15) is 17.1 Å². The summed E-state index contributed by atoms with van der Waals surface area (Å²) in [6, 6.07) is 4.43. The van der Waals surface area contributed by atoms with Crippen molar-refractivity contribution in [3.05, 3.63) is 86.5 Å². The number of imidazole rings is 1. The number of non-ortho nitro benzene ring substituents is 1. The van der Waals surface area contributed by atoms with E-state index in [4.69, 9.17) is 11.1 Å². The van der Waals surface area contributed by atoms with E-state index in [1.807, 2.05) is 0 Å². The summed E-state index contributed by atoms with van der Waals surface area (Å²) >= 11 is 0. The van der Waals surface area contributed by atoms with Crippen LogP contribution in [0.25, 0.3) is 11.0 Å². The molecule has 0 saturated heterocycles. The van der Waals surface area contributed by atoms with Crippen LogP contribution in [-0.2, 0) is 7.05 Å². The van der Waals surface area contributed by atoms with Gasteiger partial charge < -0.3 is 46.5 Å². The zero-order valence-electron chi connectivity index (χ0n) is 26.2. The summed E-state index contributed by atoms with van der Waals surface area (Å²) in [6.45, 7) is 5.13. The molecule has 0 radical (unpaired) electrons. The van der Waals surface area contributed by atoms with Crippen molar-refractivity contribution in [2.45, 2.75) is 27.2 Å². The van der Waals surface area contributed by atoms with Crippen molar-refractivity contribution in [3.8, 4) is 0 Å². The fraction of sp³-hybridized carbons (Fsp3) is 0.200. The summed E-state index contributed by atoms with van der Waals surface area (Å²) in [5.74, 6) is -2.19. The van der Waals surface area contributed by atoms with Crippen molar-refractivity contribution in [1.82, 2.24) is 29.8 Å². The summed E-state index contributed by atoms with van der Waals surface area (Å²) in [6.07, 6.45) is 4.60. The normalized spacial score (nSPS) is 10.9. The minimum atomic E-state index is -0.632. The van der Waals surface area contributed by atoms with Gasteiger partial charge >= 0.3 is 0 Å². The third-order valence-electron chi connectivity index (χ3n) is 7.82. The van der Waals surface area contributed by atoms with Crippen LogP contribution < -0.4 is 27.0 Å². The third-order valence-corrected chi connectivity index (χ3v) is 7.82. The first kappa shape index (κ1) is 32.7. The molecule has 0 aliphatic rings. The fourth-order valence-electron chi connectivity index (χ4n) is 5.08. The number of aromatic amines is 3. The number of nitrogens with zero attached hydrogens (tertiary/aromatic N) is 3. The van der Waals surface area contributed by atoms with Gasteiger partial charge in [0.2, 0.25) is 0 Å². The highest BCUT2D eigenvalue weighted by molar-refractivity contribution is 6.10. The van der Waals surface area contributed by atoms with E-state index in [2.05, 4.69) is 41.2 Å². The minimum absolute atomic E-state index is 0.0480. The molecule has 18 nitrogen and oxygen atoms in total. The van der Waals surface area contributed by atoms with Crippen molar-refractivity contribution in [1.29, 1.82) is 5.41 Å². The van der Waals surface area contributed by atoms with Crippen LogP contribution in [0.15, 0.2) is 36.8 Å². The number of aromatic nitrogens is 5. The lowest BCUT2D eigenvalue weighted by atomic mass is 10.2. The summed E-state index contributed by atoms with van der Waals surface area (Å²) in [7, 11) is 1.57. The molecule has 0 saturated carbocycles. The van der Waals surface area contributed by atoms with Crippen LogP contribution in [0.3, 0.4) is 0 Å². The van der Waals surface area contributed by atoms with E-state index in [1.54, 1.807) is 33.9 Å². The monoisotopic (exact) mass is 656 g/mol. The Labute approximate surface area is 271 Å². The predicted octanol–water partition coefficient (Wildman–Crippen LogP) is 3.20. The average Bonchev–Trinajstić information content (AvgIpc) is 3.78. The second-order valence-electron chi connectivity index (χ2n) is 10.9. The van der Waals surface area contributed by atoms with Crippen LogP contribution >= 0.6 is 0 Å². The second kappa shape index (κ2) is 12.9. The average molecular weight is 657 g/mol. The van der Waals surface area contributed by atoms with E-state index >= 15 is 0 Å². The number of anilines is 3. The zero-order chi connectivity index (χ0) is 34.9. The van der Waals surface area contributed by atoms with Gasteiger partial charge in [0.05, 0.1) is 33.3 Å². The number of rotatable bonds is 11. The van der Waals surface area contributed by atoms with Crippen LogP contribution in [-0.4, -0.2) is 65.4 Å². The van der Waals surface area contributed by atoms with E-state index in [9.17, 15) is 29.3 Å². The number of nitrogens with one attached hydrogen (secondary N) is 8. The molecule has 5 rings (SSSR count). The molecule has 0 bridgehead atoms. The Balaban J connectivity index is 1.25. The predicted molar refractivity (Wildman–Crippen MR) is 177 cm³/mol. The van der Waals surface area contributed by atoms with Gasteiger partial charge in [0.25, 0.3) is 29.3 Å². The molecule has 10 N–H and O–H groups in total. The van der Waals surface area contributed by atoms with E-state index < -0.39 is 28.6 Å². The Hall–Kier alpha value is -6.72. The highest BCUT2D eigenvalue weighted by atomic mass is 16.6. The number of hydrogen-bond acceptors (Lipinski definition) is 8. The van der Waals surface area contributed by atoms with Gasteiger partial charge in [-0.2, -0.15) is 0 Å². The maximum Gasteiger partial charge on any atom is 0.297 e. The molecule has 18 heteroatoms. The number of amidine groups is 1. The molecule has 4 amide bonds. The van der Waals surface area contributed by atoms with Crippen LogP contribution in [0.2, 0.25) is 0 Å². The van der Waals surface area contributed by atoms with Gasteiger partial charge in [-0.3, -0.25) is 34.7 Å². The number of para-hydroxylation sites is 1. The molecular formula is C30H32N12O6. The highest BCUT2D eigenvalue weighted by Gasteiger charge is 2.25. The molecule has 4 heterocycles. The number of nitro benzene ring substituents is 1. The number of carbonyl (C=O) groups excluding carboxylic acids is 4. The van der Waals surface area contributed by atoms with E-state index in [1.165, 1.54) is 35.3 Å². The van der Waals surface area contributed by atoms with Gasteiger partial charge in [0, 0.05) is 61.4 Å². The number of carbonyl (C=O) groups is 4. The first-order valence-electron chi connectivity index (χ1n) is 14.5. The molecule has 0 fully saturated rings. The number of hydrogen-bond donors (Lipinski definition) is 9. The third kappa shape index (κ3) is 6.21. The van der Waals surface area contributed by atoms with Crippen LogP contribution in [0.5, 0.6) is 0 Å². The molecule has 0 spiro atoms. The molecule has 48 heavy (non-hydrogen) atoms. The van der Waals surface area contributed by atoms with Crippen molar-refractivity contribution in [2.75, 3.05) is 22.5 Å². The Kier molecular flexibility index (Phi) is 8.81. The smallest absolute Gasteiger partial charge is 0.297 e. The lowest BCUT2D eigenvalue weighted by molar-refractivity contribution is -0.383. The number of nitrogens with two attached hydrogens (primary N) is 1. The van der Waals surface area contributed by atoms with E-state index in [-0.39, 0.29) is 52.9 Å². The lowest BCUT2D eigenvalue weighted by Crippen LogP contribution is -2.28. The first-order valence-corrected chi connectivity index (χ1v) is 14.5. The molecule has 0 aliphatic heterocycles. The number of nitro groups is 1. The van der Waals surface area contributed by atoms with Crippen LogP contribution in [0, 0.1) is 36.3 Å². The Bertz CT molecular complexity index is 2130. The Morgan fingerprint density at radius 1 is 0.854 bits per heavy atom. The molecule has 248 valence electrons. The maximum absolute atomic E-state index is 13.2. The molecule has 4 aromatic heterocycles. The van der Waals surface area contributed by atoms with Crippen molar-refractivity contribution in [2.24, 2.45) is 12.8 Å². The number of H-pyrrole nitrogens is 3. The summed E-state index contributed by atoms with van der Waals surface area (Å²) in [5, 5.41) is 29.5. The van der Waals surface area contributed by atoms with Crippen molar-refractivity contribution in [3.63, 3.8) is 0 Å². The van der Waals surface area contributed by atoms with Gasteiger partial charge in [-0.1, -0.05) is 6.07 Å². The maximum atomic E-state index is 13.2. The quantitative estimate of drug-likeness (QED) is 0.0439. The first-order chi connectivity index (χ1) is 22.8. The van der Waals surface area contributed by atoms with Gasteiger partial charge in [-0.05, 0) is 26.8 Å². The molecule has 0 atom stereocenters. The number of benzene rings is 1. The Morgan fingerprint density at radius 3 is 1.81 bits per heavy atom. The van der Waals surface area contributed by atoms with Crippen molar-refractivity contribution >= 4 is 63.2 Å². The molecule has 0 aliphatic carbocycles. The molecule has 1 aromatic carbocycles. The topological polar surface area (TPSA) is 275 Å². The standard InChI is InChI=1S/C30H32N12O6/c1-13-16(10-34-22(13)27(43)33-9-8-21(31)32)37-28(44)23-14(2)17(11-35-23)38-29(45)24-15(3)18(12-36-24)39-30(46)26-40-25-19(41(26)4)6-5-7-20(25)42(47)48/h5-7,10-12,34-36H,8-9H2,1-4H3,(H3,31,32)(H,33,43)(H,37,44)(H,38,45)(H,39,46). The minimum Gasteiger partial charge on any atom is -0.388 e. The summed E-state index contributed by atoms with van der Waals surface area (Å²) in [5.41, 5.74) is 8.53. The summed E-state index contributed by atoms with van der Waals surface area (Å²) in [4.78, 5) is 75.5. The van der Waals surface area contributed by atoms with Gasteiger partial charge in [0.15, 0.2) is 11.3 Å². The SMILES string of the molecule is Cc1c(NC(=O)c2[nH]cc(NC(=O)c3[nH]cc(NC(=O)c4nc5c([N+](=O)[O-])cccc5n4C)c3C)c2C)c[nH]c1C(=O)NCCC(=N)N. The molecular weight excluding hydrogens is 624 g/mol. The Morgan fingerprint density at radius 2 is 1.33 bits per heavy atom. The van der Waals surface area contributed by atoms with Gasteiger partial charge in [-0.15, -0.1) is 0 Å². The van der Waals surface area contributed by atoms with Crippen molar-refractivity contribution < 1.29 is 24.1 Å². The van der Waals surface area contributed by atoms with Crippen LogP contribution in [0.4, 0.5) is 22.7 Å². The molecule has 0 unspecified atom stereocenters. The zero-order valence-corrected chi connectivity index (χ0v) is 26.2. The molecule has 5 aromatic rings. The second-order valence-corrected chi connectivity index (χ2v) is 10.9. The lowest BCUT2D eigenvalue weighted by Gasteiger charge is -2.08. The van der Waals surface area contributed by atoms with Gasteiger partial charge in [-0.25, -0.2) is 4.98 Å².